The topological polar surface area (TPSA) is 104 Å². The summed E-state index contributed by atoms with van der Waals surface area (Å²) in [6.07, 6.45) is 0.371. The molecule has 0 bridgehead atoms. The highest BCUT2D eigenvalue weighted by Crippen LogP contribution is 2.32. The Bertz CT molecular complexity index is 833. The minimum atomic E-state index is -0.537. The lowest BCUT2D eigenvalue weighted by Crippen LogP contribution is -2.00. The van der Waals surface area contributed by atoms with Crippen LogP contribution in [0.1, 0.15) is 6.42 Å². The van der Waals surface area contributed by atoms with E-state index in [1.807, 2.05) is 6.07 Å². The summed E-state index contributed by atoms with van der Waals surface area (Å²) in [5.74, 6) is 0. The molecular weight excluding hydrogens is 353 g/mol. The third-order valence-electron chi connectivity index (χ3n) is 2.92. The van der Waals surface area contributed by atoms with E-state index in [4.69, 9.17) is 28.5 Å². The summed E-state index contributed by atoms with van der Waals surface area (Å²) in [5, 5.41) is 30.8. The first kappa shape index (κ1) is 17.7. The predicted octanol–water partition coefficient (Wildman–Crippen LogP) is 5.64. The molecule has 122 valence electrons. The van der Waals surface area contributed by atoms with Crippen LogP contribution >= 0.6 is 23.2 Å². The standard InChI is InChI=1S/C15H11Cl2N5O2/c16-12-8-10(2-4-14(12)19-7-1-6-18)20-21-15-5-3-11(22(23)24)9-13(15)17/h2-5,8-9,19H,1,7H2. The molecule has 2 aromatic rings. The number of hydrogen-bond acceptors (Lipinski definition) is 6. The number of azo groups is 1. The minimum absolute atomic E-state index is 0.116. The lowest BCUT2D eigenvalue weighted by molar-refractivity contribution is -0.384. The maximum Gasteiger partial charge on any atom is 0.271 e. The van der Waals surface area contributed by atoms with Gasteiger partial charge in [0.15, 0.2) is 0 Å². The molecule has 2 aromatic carbocycles. The number of hydrogen-bond donors (Lipinski definition) is 1. The molecule has 0 amide bonds. The van der Waals surface area contributed by atoms with E-state index in [2.05, 4.69) is 15.5 Å². The van der Waals surface area contributed by atoms with Crippen molar-refractivity contribution < 1.29 is 4.92 Å². The van der Waals surface area contributed by atoms with Gasteiger partial charge in [-0.2, -0.15) is 10.4 Å². The molecule has 0 atom stereocenters. The normalized spacial score (nSPS) is 10.5. The van der Waals surface area contributed by atoms with E-state index in [-0.39, 0.29) is 10.7 Å². The van der Waals surface area contributed by atoms with Crippen LogP contribution in [0.15, 0.2) is 46.6 Å². The maximum atomic E-state index is 10.7. The number of anilines is 1. The number of nitrogens with one attached hydrogen (secondary N) is 1. The van der Waals surface area contributed by atoms with Gasteiger partial charge in [-0.05, 0) is 24.3 Å². The smallest absolute Gasteiger partial charge is 0.271 e. The lowest BCUT2D eigenvalue weighted by atomic mass is 10.2. The number of benzene rings is 2. The Morgan fingerprint density at radius 3 is 2.58 bits per heavy atom. The Kier molecular flexibility index (Phi) is 6.07. The van der Waals surface area contributed by atoms with Crippen molar-refractivity contribution in [2.45, 2.75) is 6.42 Å². The van der Waals surface area contributed by atoms with Gasteiger partial charge in [0, 0.05) is 18.7 Å². The second kappa shape index (κ2) is 8.24. The molecule has 0 unspecified atom stereocenters. The third kappa shape index (κ3) is 4.65. The molecule has 0 fully saturated rings. The van der Waals surface area contributed by atoms with Gasteiger partial charge in [0.2, 0.25) is 0 Å². The summed E-state index contributed by atoms with van der Waals surface area (Å²) < 4.78 is 0. The van der Waals surface area contributed by atoms with Crippen molar-refractivity contribution in [3.63, 3.8) is 0 Å². The van der Waals surface area contributed by atoms with E-state index in [0.717, 1.165) is 0 Å². The molecule has 0 heterocycles. The first-order valence-electron chi connectivity index (χ1n) is 6.77. The van der Waals surface area contributed by atoms with Crippen molar-refractivity contribution in [1.29, 1.82) is 5.26 Å². The van der Waals surface area contributed by atoms with Gasteiger partial charge in [-0.1, -0.05) is 23.2 Å². The SMILES string of the molecule is N#CCCNc1ccc(N=Nc2ccc([N+](=O)[O-])cc2Cl)cc1Cl. The molecule has 9 heteroatoms. The van der Waals surface area contributed by atoms with Crippen molar-refractivity contribution in [1.82, 2.24) is 0 Å². The van der Waals surface area contributed by atoms with E-state index in [1.54, 1.807) is 18.2 Å². The second-order valence-corrected chi connectivity index (χ2v) is 5.41. The van der Waals surface area contributed by atoms with Crippen LogP contribution in [-0.2, 0) is 0 Å². The minimum Gasteiger partial charge on any atom is -0.383 e. The number of halogens is 2. The Morgan fingerprint density at radius 2 is 1.96 bits per heavy atom. The quantitative estimate of drug-likeness (QED) is 0.310. The van der Waals surface area contributed by atoms with Crippen molar-refractivity contribution >= 4 is 46.0 Å². The van der Waals surface area contributed by atoms with Gasteiger partial charge >= 0.3 is 0 Å². The van der Waals surface area contributed by atoms with Crippen molar-refractivity contribution in [2.75, 3.05) is 11.9 Å². The second-order valence-electron chi connectivity index (χ2n) is 4.59. The van der Waals surface area contributed by atoms with Crippen LogP contribution in [0.3, 0.4) is 0 Å². The van der Waals surface area contributed by atoms with Crippen LogP contribution < -0.4 is 5.32 Å². The maximum absolute atomic E-state index is 10.7. The third-order valence-corrected chi connectivity index (χ3v) is 3.54. The summed E-state index contributed by atoms with van der Waals surface area (Å²) in [7, 11) is 0. The number of nitriles is 1. The molecule has 24 heavy (non-hydrogen) atoms. The molecule has 0 radical (unpaired) electrons. The monoisotopic (exact) mass is 363 g/mol. The summed E-state index contributed by atoms with van der Waals surface area (Å²) >= 11 is 12.1. The molecule has 0 saturated carbocycles. The molecule has 0 aromatic heterocycles. The molecule has 1 N–H and O–H groups in total. The summed E-state index contributed by atoms with van der Waals surface area (Å²) in [4.78, 5) is 10.1. The molecule has 0 aliphatic heterocycles. The van der Waals surface area contributed by atoms with Crippen molar-refractivity contribution in [3.05, 3.63) is 56.6 Å². The Labute approximate surface area is 147 Å². The van der Waals surface area contributed by atoms with Crippen LogP contribution in [0, 0.1) is 21.4 Å². The van der Waals surface area contributed by atoms with Gasteiger partial charge in [-0.3, -0.25) is 10.1 Å². The van der Waals surface area contributed by atoms with Crippen LogP contribution in [0.25, 0.3) is 0 Å². The fourth-order valence-electron chi connectivity index (χ4n) is 1.76. The first-order valence-corrected chi connectivity index (χ1v) is 7.53. The zero-order chi connectivity index (χ0) is 17.5. The van der Waals surface area contributed by atoms with Crippen molar-refractivity contribution in [3.8, 4) is 6.07 Å². The summed E-state index contributed by atoms with van der Waals surface area (Å²) in [6, 6.07) is 11.0. The lowest BCUT2D eigenvalue weighted by Gasteiger charge is -2.06. The van der Waals surface area contributed by atoms with Crippen LogP contribution in [0.4, 0.5) is 22.7 Å². The molecular formula is C15H11Cl2N5O2. The highest BCUT2D eigenvalue weighted by molar-refractivity contribution is 6.33. The predicted molar refractivity (Wildman–Crippen MR) is 92.5 cm³/mol. The number of non-ortho nitro benzene ring substituents is 1. The number of nitrogens with zero attached hydrogens (tertiary/aromatic N) is 4. The average Bonchev–Trinajstić information content (AvgIpc) is 2.55. The van der Waals surface area contributed by atoms with E-state index in [1.165, 1.54) is 18.2 Å². The van der Waals surface area contributed by atoms with E-state index >= 15 is 0 Å². The highest BCUT2D eigenvalue weighted by atomic mass is 35.5. The van der Waals surface area contributed by atoms with Gasteiger partial charge in [-0.15, -0.1) is 5.11 Å². The van der Waals surface area contributed by atoms with E-state index < -0.39 is 4.92 Å². The van der Waals surface area contributed by atoms with E-state index in [9.17, 15) is 10.1 Å². The zero-order valence-electron chi connectivity index (χ0n) is 12.2. The molecule has 0 aliphatic carbocycles. The average molecular weight is 364 g/mol. The van der Waals surface area contributed by atoms with Crippen molar-refractivity contribution in [2.24, 2.45) is 10.2 Å². The number of nitro groups is 1. The van der Waals surface area contributed by atoms with E-state index in [0.29, 0.717) is 35.1 Å². The molecule has 0 aliphatic rings. The molecule has 2 rings (SSSR count). The number of rotatable bonds is 6. The van der Waals surface area contributed by atoms with Gasteiger partial charge in [-0.25, -0.2) is 0 Å². The summed E-state index contributed by atoms with van der Waals surface area (Å²) in [5.41, 5.74) is 1.39. The van der Waals surface area contributed by atoms with Gasteiger partial charge in [0.1, 0.15) is 5.69 Å². The number of nitro benzene ring substituents is 1. The first-order chi connectivity index (χ1) is 11.5. The molecule has 7 nitrogen and oxygen atoms in total. The zero-order valence-corrected chi connectivity index (χ0v) is 13.8. The van der Waals surface area contributed by atoms with Crippen LogP contribution in [0.5, 0.6) is 0 Å². The molecule has 0 saturated heterocycles. The fourth-order valence-corrected chi connectivity index (χ4v) is 2.22. The Balaban J connectivity index is 2.13. The summed E-state index contributed by atoms with van der Waals surface area (Å²) in [6.45, 7) is 0.496. The van der Waals surface area contributed by atoms with Gasteiger partial charge < -0.3 is 5.32 Å². The highest BCUT2D eigenvalue weighted by Gasteiger charge is 2.09. The largest absolute Gasteiger partial charge is 0.383 e. The van der Waals surface area contributed by atoms with Crippen LogP contribution in [-0.4, -0.2) is 11.5 Å². The van der Waals surface area contributed by atoms with Gasteiger partial charge in [0.05, 0.1) is 38.8 Å². The van der Waals surface area contributed by atoms with Gasteiger partial charge in [0.25, 0.3) is 5.69 Å². The Hall–Kier alpha value is -2.69. The molecule has 0 spiro atoms. The van der Waals surface area contributed by atoms with Crippen LogP contribution in [0.2, 0.25) is 10.0 Å². The fraction of sp³-hybridized carbons (Fsp3) is 0.133. The Morgan fingerprint density at radius 1 is 1.17 bits per heavy atom.